The third kappa shape index (κ3) is 3.03. The molecule has 2 rings (SSSR count). The van der Waals surface area contributed by atoms with E-state index in [0.29, 0.717) is 12.5 Å². The standard InChI is InChI=1S/C12H16BrNO/c13-12-3-1-10(2-4-12)5-6-14-7-11(8-14)9-15/h1-4,11,15H,5-9H2. The molecule has 0 aliphatic carbocycles. The first-order chi connectivity index (χ1) is 7.28. The summed E-state index contributed by atoms with van der Waals surface area (Å²) in [4.78, 5) is 2.39. The average Bonchev–Trinajstić information content (AvgIpc) is 2.19. The van der Waals surface area contributed by atoms with E-state index in [0.717, 1.165) is 30.5 Å². The van der Waals surface area contributed by atoms with Gasteiger partial charge in [-0.3, -0.25) is 0 Å². The van der Waals surface area contributed by atoms with E-state index in [1.54, 1.807) is 0 Å². The monoisotopic (exact) mass is 269 g/mol. The quantitative estimate of drug-likeness (QED) is 0.903. The van der Waals surface area contributed by atoms with Crippen LogP contribution in [0.4, 0.5) is 0 Å². The summed E-state index contributed by atoms with van der Waals surface area (Å²) in [5.74, 6) is 0.523. The molecule has 82 valence electrons. The van der Waals surface area contributed by atoms with Gasteiger partial charge in [-0.1, -0.05) is 28.1 Å². The maximum Gasteiger partial charge on any atom is 0.0483 e. The summed E-state index contributed by atoms with van der Waals surface area (Å²) < 4.78 is 1.13. The highest BCUT2D eigenvalue weighted by molar-refractivity contribution is 9.10. The van der Waals surface area contributed by atoms with Gasteiger partial charge < -0.3 is 10.0 Å². The summed E-state index contributed by atoms with van der Waals surface area (Å²) in [6.07, 6.45) is 1.10. The zero-order chi connectivity index (χ0) is 10.7. The first kappa shape index (κ1) is 11.1. The summed E-state index contributed by atoms with van der Waals surface area (Å²) in [7, 11) is 0. The van der Waals surface area contributed by atoms with E-state index in [-0.39, 0.29) is 0 Å². The smallest absolute Gasteiger partial charge is 0.0483 e. The Morgan fingerprint density at radius 3 is 2.53 bits per heavy atom. The van der Waals surface area contributed by atoms with Crippen LogP contribution in [-0.2, 0) is 6.42 Å². The van der Waals surface area contributed by atoms with Crippen LogP contribution in [0.25, 0.3) is 0 Å². The predicted molar refractivity (Wildman–Crippen MR) is 64.9 cm³/mol. The van der Waals surface area contributed by atoms with Crippen LogP contribution in [0.1, 0.15) is 5.56 Å². The number of benzene rings is 1. The second-order valence-electron chi connectivity index (χ2n) is 4.18. The van der Waals surface area contributed by atoms with Crippen molar-refractivity contribution < 1.29 is 5.11 Å². The second kappa shape index (κ2) is 5.10. The lowest BCUT2D eigenvalue weighted by Crippen LogP contribution is -2.48. The van der Waals surface area contributed by atoms with Crippen molar-refractivity contribution in [2.24, 2.45) is 5.92 Å². The Morgan fingerprint density at radius 1 is 1.27 bits per heavy atom. The lowest BCUT2D eigenvalue weighted by Gasteiger charge is -2.38. The van der Waals surface area contributed by atoms with Crippen molar-refractivity contribution in [2.45, 2.75) is 6.42 Å². The number of rotatable bonds is 4. The van der Waals surface area contributed by atoms with Crippen molar-refractivity contribution in [1.82, 2.24) is 4.90 Å². The summed E-state index contributed by atoms with van der Waals surface area (Å²) in [6.45, 7) is 3.58. The van der Waals surface area contributed by atoms with Gasteiger partial charge in [0.2, 0.25) is 0 Å². The van der Waals surface area contributed by atoms with Gasteiger partial charge in [-0.05, 0) is 24.1 Å². The second-order valence-corrected chi connectivity index (χ2v) is 5.10. The number of aliphatic hydroxyl groups excluding tert-OH is 1. The van der Waals surface area contributed by atoms with Gasteiger partial charge in [0, 0.05) is 36.6 Å². The molecule has 1 aromatic carbocycles. The van der Waals surface area contributed by atoms with Gasteiger partial charge in [0.1, 0.15) is 0 Å². The lowest BCUT2D eigenvalue weighted by atomic mass is 10.0. The molecule has 3 heteroatoms. The van der Waals surface area contributed by atoms with Crippen LogP contribution >= 0.6 is 15.9 Å². The van der Waals surface area contributed by atoms with Crippen molar-refractivity contribution in [3.05, 3.63) is 34.3 Å². The fourth-order valence-electron chi connectivity index (χ4n) is 1.91. The van der Waals surface area contributed by atoms with Crippen LogP contribution in [0.5, 0.6) is 0 Å². The third-order valence-corrected chi connectivity index (χ3v) is 3.45. The minimum atomic E-state index is 0.342. The summed E-state index contributed by atoms with van der Waals surface area (Å²) in [6, 6.07) is 8.49. The van der Waals surface area contributed by atoms with Crippen LogP contribution in [0.2, 0.25) is 0 Å². The molecule has 1 aliphatic heterocycles. The molecule has 0 spiro atoms. The van der Waals surface area contributed by atoms with Gasteiger partial charge in [-0.25, -0.2) is 0 Å². The fourth-order valence-corrected chi connectivity index (χ4v) is 2.18. The molecule has 1 N–H and O–H groups in total. The van der Waals surface area contributed by atoms with Crippen molar-refractivity contribution >= 4 is 15.9 Å². The summed E-state index contributed by atoms with van der Waals surface area (Å²) >= 11 is 3.43. The first-order valence-corrected chi connectivity index (χ1v) is 6.15. The summed E-state index contributed by atoms with van der Waals surface area (Å²) in [5, 5.41) is 8.89. The Hall–Kier alpha value is -0.380. The number of hydrogen-bond donors (Lipinski definition) is 1. The molecule has 0 unspecified atom stereocenters. The zero-order valence-corrected chi connectivity index (χ0v) is 10.3. The Bertz CT molecular complexity index is 306. The van der Waals surface area contributed by atoms with Crippen LogP contribution in [0, 0.1) is 5.92 Å². The number of likely N-dealkylation sites (tertiary alicyclic amines) is 1. The van der Waals surface area contributed by atoms with Gasteiger partial charge >= 0.3 is 0 Å². The molecule has 1 saturated heterocycles. The third-order valence-electron chi connectivity index (χ3n) is 2.92. The van der Waals surface area contributed by atoms with Crippen molar-refractivity contribution in [3.63, 3.8) is 0 Å². The Kier molecular flexibility index (Phi) is 3.78. The van der Waals surface area contributed by atoms with Crippen molar-refractivity contribution in [3.8, 4) is 0 Å². The molecule has 2 nitrogen and oxygen atoms in total. The topological polar surface area (TPSA) is 23.5 Å². The Morgan fingerprint density at radius 2 is 1.93 bits per heavy atom. The van der Waals surface area contributed by atoms with Crippen LogP contribution in [-0.4, -0.2) is 36.2 Å². The van der Waals surface area contributed by atoms with Gasteiger partial charge in [-0.2, -0.15) is 0 Å². The average molecular weight is 270 g/mol. The van der Waals surface area contributed by atoms with Crippen LogP contribution < -0.4 is 0 Å². The maximum absolute atomic E-state index is 8.89. The Labute approximate surface area is 99.0 Å². The maximum atomic E-state index is 8.89. The van der Waals surface area contributed by atoms with E-state index in [1.165, 1.54) is 5.56 Å². The highest BCUT2D eigenvalue weighted by Gasteiger charge is 2.24. The van der Waals surface area contributed by atoms with E-state index in [9.17, 15) is 0 Å². The molecule has 0 bridgehead atoms. The van der Waals surface area contributed by atoms with Gasteiger partial charge in [-0.15, -0.1) is 0 Å². The summed E-state index contributed by atoms with van der Waals surface area (Å²) in [5.41, 5.74) is 1.38. The minimum Gasteiger partial charge on any atom is -0.396 e. The van der Waals surface area contributed by atoms with Crippen LogP contribution in [0.3, 0.4) is 0 Å². The highest BCUT2D eigenvalue weighted by atomic mass is 79.9. The van der Waals surface area contributed by atoms with E-state index in [2.05, 4.69) is 45.1 Å². The van der Waals surface area contributed by atoms with E-state index >= 15 is 0 Å². The normalized spacial score (nSPS) is 17.7. The molecule has 0 radical (unpaired) electrons. The number of halogens is 1. The molecular formula is C12H16BrNO. The molecule has 1 fully saturated rings. The number of nitrogens with zero attached hydrogens (tertiary/aromatic N) is 1. The SMILES string of the molecule is OCC1CN(CCc2ccc(Br)cc2)C1. The first-order valence-electron chi connectivity index (χ1n) is 5.35. The molecule has 0 aromatic heterocycles. The zero-order valence-electron chi connectivity index (χ0n) is 8.69. The van der Waals surface area contributed by atoms with Gasteiger partial charge in [0.25, 0.3) is 0 Å². The lowest BCUT2D eigenvalue weighted by molar-refractivity contribution is 0.0551. The molecule has 1 aliphatic rings. The molecule has 0 amide bonds. The highest BCUT2D eigenvalue weighted by Crippen LogP contribution is 2.16. The van der Waals surface area contributed by atoms with E-state index < -0.39 is 0 Å². The molecule has 0 saturated carbocycles. The van der Waals surface area contributed by atoms with Gasteiger partial charge in [0.05, 0.1) is 0 Å². The molecule has 0 atom stereocenters. The van der Waals surface area contributed by atoms with Crippen molar-refractivity contribution in [1.29, 1.82) is 0 Å². The van der Waals surface area contributed by atoms with E-state index in [1.807, 2.05) is 0 Å². The van der Waals surface area contributed by atoms with Gasteiger partial charge in [0.15, 0.2) is 0 Å². The van der Waals surface area contributed by atoms with Crippen LogP contribution in [0.15, 0.2) is 28.7 Å². The molecule has 15 heavy (non-hydrogen) atoms. The molecule has 1 aromatic rings. The van der Waals surface area contributed by atoms with E-state index in [4.69, 9.17) is 5.11 Å². The minimum absolute atomic E-state index is 0.342. The fraction of sp³-hybridized carbons (Fsp3) is 0.500. The number of aliphatic hydroxyl groups is 1. The molecular weight excluding hydrogens is 254 g/mol. The molecule has 1 heterocycles. The predicted octanol–water partition coefficient (Wildman–Crippen LogP) is 1.92. The number of hydrogen-bond acceptors (Lipinski definition) is 2. The Balaban J connectivity index is 1.72. The van der Waals surface area contributed by atoms with Crippen molar-refractivity contribution in [2.75, 3.05) is 26.2 Å². The largest absolute Gasteiger partial charge is 0.396 e.